The summed E-state index contributed by atoms with van der Waals surface area (Å²) in [5.74, 6) is -0.417. The van der Waals surface area contributed by atoms with Crippen LogP contribution in [0.15, 0.2) is 42.5 Å². The molecule has 0 atom stereocenters. The summed E-state index contributed by atoms with van der Waals surface area (Å²) in [6.45, 7) is 0.510. The minimum absolute atomic E-state index is 0.142. The molecule has 96 valence electrons. The minimum atomic E-state index is -0.417. The quantitative estimate of drug-likeness (QED) is 0.858. The molecule has 0 aliphatic carbocycles. The highest BCUT2D eigenvalue weighted by Crippen LogP contribution is 2.21. The molecule has 0 amide bonds. The Labute approximate surface area is 111 Å². The molecule has 19 heavy (non-hydrogen) atoms. The van der Waals surface area contributed by atoms with Crippen molar-refractivity contribution in [3.63, 3.8) is 0 Å². The topological polar surface area (TPSA) is 53.0 Å². The number of para-hydroxylation sites is 1. The zero-order chi connectivity index (χ0) is 13.8. The van der Waals surface area contributed by atoms with Crippen molar-refractivity contribution in [3.05, 3.63) is 59.4 Å². The molecule has 0 bridgehead atoms. The molecule has 0 aliphatic rings. The normalized spacial score (nSPS) is 9.95. The van der Waals surface area contributed by atoms with E-state index in [0.717, 1.165) is 11.3 Å². The number of benzene rings is 2. The minimum Gasteiger partial charge on any atom is -0.396 e. The molecule has 0 unspecified atom stereocenters. The molecule has 2 aromatic carbocycles. The predicted molar refractivity (Wildman–Crippen MR) is 74.1 cm³/mol. The van der Waals surface area contributed by atoms with E-state index in [4.69, 9.17) is 11.0 Å². The van der Waals surface area contributed by atoms with E-state index in [9.17, 15) is 4.39 Å². The van der Waals surface area contributed by atoms with Crippen molar-refractivity contribution in [1.29, 1.82) is 5.26 Å². The van der Waals surface area contributed by atoms with Gasteiger partial charge in [0.1, 0.15) is 11.9 Å². The van der Waals surface area contributed by atoms with Gasteiger partial charge < -0.3 is 10.6 Å². The van der Waals surface area contributed by atoms with E-state index < -0.39 is 5.82 Å². The van der Waals surface area contributed by atoms with Gasteiger partial charge in [-0.3, -0.25) is 0 Å². The SMILES string of the molecule is CN(Cc1ccc(N)c(F)c1)c1ccccc1C#N. The summed E-state index contributed by atoms with van der Waals surface area (Å²) in [5.41, 5.74) is 7.81. The second-order valence-electron chi connectivity index (χ2n) is 4.34. The van der Waals surface area contributed by atoms with Crippen LogP contribution in [0.25, 0.3) is 0 Å². The Morgan fingerprint density at radius 1 is 1.26 bits per heavy atom. The van der Waals surface area contributed by atoms with Crippen molar-refractivity contribution in [2.45, 2.75) is 6.54 Å². The summed E-state index contributed by atoms with van der Waals surface area (Å²) in [6.07, 6.45) is 0. The monoisotopic (exact) mass is 255 g/mol. The van der Waals surface area contributed by atoms with E-state index in [1.54, 1.807) is 18.2 Å². The van der Waals surface area contributed by atoms with Gasteiger partial charge in [-0.25, -0.2) is 4.39 Å². The Morgan fingerprint density at radius 3 is 2.68 bits per heavy atom. The van der Waals surface area contributed by atoms with Gasteiger partial charge in [-0.2, -0.15) is 5.26 Å². The van der Waals surface area contributed by atoms with Crippen LogP contribution in [0.5, 0.6) is 0 Å². The lowest BCUT2D eigenvalue weighted by molar-refractivity contribution is 0.630. The molecule has 2 N–H and O–H groups in total. The average Bonchev–Trinajstić information content (AvgIpc) is 2.43. The maximum atomic E-state index is 13.4. The van der Waals surface area contributed by atoms with Crippen molar-refractivity contribution in [2.24, 2.45) is 0 Å². The third-order valence-electron chi connectivity index (χ3n) is 2.92. The number of nitriles is 1. The predicted octanol–water partition coefficient (Wildman–Crippen LogP) is 2.92. The molecular formula is C15H14FN3. The molecule has 0 aliphatic heterocycles. The van der Waals surface area contributed by atoms with Crippen LogP contribution in [0.3, 0.4) is 0 Å². The third-order valence-corrected chi connectivity index (χ3v) is 2.92. The zero-order valence-corrected chi connectivity index (χ0v) is 10.6. The fourth-order valence-electron chi connectivity index (χ4n) is 1.93. The molecule has 4 heteroatoms. The van der Waals surface area contributed by atoms with Crippen molar-refractivity contribution in [3.8, 4) is 6.07 Å². The molecule has 0 saturated carbocycles. The fraction of sp³-hybridized carbons (Fsp3) is 0.133. The first kappa shape index (κ1) is 12.9. The Bertz CT molecular complexity index is 632. The van der Waals surface area contributed by atoms with Gasteiger partial charge in [0.2, 0.25) is 0 Å². The van der Waals surface area contributed by atoms with Gasteiger partial charge in [-0.15, -0.1) is 0 Å². The number of hydrogen-bond donors (Lipinski definition) is 1. The highest BCUT2D eigenvalue weighted by Gasteiger charge is 2.08. The number of nitrogen functional groups attached to an aromatic ring is 1. The largest absolute Gasteiger partial charge is 0.396 e. The van der Waals surface area contributed by atoms with Gasteiger partial charge in [-0.1, -0.05) is 18.2 Å². The van der Waals surface area contributed by atoms with Crippen molar-refractivity contribution in [2.75, 3.05) is 17.7 Å². The zero-order valence-electron chi connectivity index (χ0n) is 10.6. The lowest BCUT2D eigenvalue weighted by Crippen LogP contribution is -2.17. The molecule has 2 rings (SSSR count). The molecule has 3 nitrogen and oxygen atoms in total. The lowest BCUT2D eigenvalue weighted by Gasteiger charge is -2.20. The van der Waals surface area contributed by atoms with Gasteiger partial charge in [0.25, 0.3) is 0 Å². The highest BCUT2D eigenvalue weighted by atomic mass is 19.1. The fourth-order valence-corrected chi connectivity index (χ4v) is 1.93. The summed E-state index contributed by atoms with van der Waals surface area (Å²) < 4.78 is 13.4. The van der Waals surface area contributed by atoms with E-state index in [-0.39, 0.29) is 5.69 Å². The number of anilines is 2. The number of rotatable bonds is 3. The summed E-state index contributed by atoms with van der Waals surface area (Å²) in [4.78, 5) is 1.91. The van der Waals surface area contributed by atoms with Gasteiger partial charge in [-0.05, 0) is 29.8 Å². The third kappa shape index (κ3) is 2.83. The van der Waals surface area contributed by atoms with Crippen LogP contribution in [0.1, 0.15) is 11.1 Å². The molecule has 0 radical (unpaired) electrons. The van der Waals surface area contributed by atoms with Gasteiger partial charge in [0, 0.05) is 13.6 Å². The summed E-state index contributed by atoms with van der Waals surface area (Å²) in [7, 11) is 1.87. The van der Waals surface area contributed by atoms with Crippen LogP contribution in [0, 0.1) is 17.1 Å². The Hall–Kier alpha value is -2.54. The summed E-state index contributed by atoms with van der Waals surface area (Å²) in [5, 5.41) is 9.06. The van der Waals surface area contributed by atoms with E-state index in [1.807, 2.05) is 30.1 Å². The van der Waals surface area contributed by atoms with Crippen LogP contribution >= 0.6 is 0 Å². The second-order valence-corrected chi connectivity index (χ2v) is 4.34. The Balaban J connectivity index is 2.23. The number of halogens is 1. The van der Waals surface area contributed by atoms with E-state index in [2.05, 4.69) is 6.07 Å². The molecule has 0 saturated heterocycles. The second kappa shape index (κ2) is 5.40. The Morgan fingerprint density at radius 2 is 2.00 bits per heavy atom. The van der Waals surface area contributed by atoms with E-state index in [0.29, 0.717) is 12.1 Å². The first-order valence-corrected chi connectivity index (χ1v) is 5.86. The Kier molecular flexibility index (Phi) is 3.67. The highest BCUT2D eigenvalue weighted by molar-refractivity contribution is 5.59. The molecule has 0 heterocycles. The van der Waals surface area contributed by atoms with Crippen LogP contribution in [0.2, 0.25) is 0 Å². The molecule has 0 fully saturated rings. The van der Waals surface area contributed by atoms with Crippen molar-refractivity contribution < 1.29 is 4.39 Å². The first-order valence-electron chi connectivity index (χ1n) is 5.86. The molecule has 2 aromatic rings. The van der Waals surface area contributed by atoms with E-state index in [1.165, 1.54) is 6.07 Å². The van der Waals surface area contributed by atoms with Crippen LogP contribution < -0.4 is 10.6 Å². The van der Waals surface area contributed by atoms with Crippen LogP contribution in [-0.4, -0.2) is 7.05 Å². The van der Waals surface area contributed by atoms with Gasteiger partial charge >= 0.3 is 0 Å². The average molecular weight is 255 g/mol. The maximum Gasteiger partial charge on any atom is 0.146 e. The van der Waals surface area contributed by atoms with Gasteiger partial charge in [0.15, 0.2) is 0 Å². The summed E-state index contributed by atoms with van der Waals surface area (Å²) in [6, 6.07) is 14.2. The number of nitrogens with two attached hydrogens (primary N) is 1. The first-order chi connectivity index (χ1) is 9.11. The molecule has 0 spiro atoms. The van der Waals surface area contributed by atoms with Crippen LogP contribution in [0.4, 0.5) is 15.8 Å². The standard InChI is InChI=1S/C15H14FN3/c1-19(15-5-3-2-4-12(15)9-17)10-11-6-7-14(18)13(16)8-11/h2-8H,10,18H2,1H3. The van der Waals surface area contributed by atoms with E-state index >= 15 is 0 Å². The summed E-state index contributed by atoms with van der Waals surface area (Å²) >= 11 is 0. The number of hydrogen-bond acceptors (Lipinski definition) is 3. The van der Waals surface area contributed by atoms with Gasteiger partial charge in [0.05, 0.1) is 16.9 Å². The van der Waals surface area contributed by atoms with Crippen LogP contribution in [-0.2, 0) is 6.54 Å². The van der Waals surface area contributed by atoms with Crippen molar-refractivity contribution in [1.82, 2.24) is 0 Å². The smallest absolute Gasteiger partial charge is 0.146 e. The molecule has 0 aromatic heterocycles. The molecular weight excluding hydrogens is 241 g/mol. The number of nitrogens with zero attached hydrogens (tertiary/aromatic N) is 2. The maximum absolute atomic E-state index is 13.4. The van der Waals surface area contributed by atoms with Crippen molar-refractivity contribution >= 4 is 11.4 Å². The lowest BCUT2D eigenvalue weighted by atomic mass is 10.1.